The fraction of sp³-hybridized carbons (Fsp3) is 0.688. The highest BCUT2D eigenvalue weighted by Gasteiger charge is 2.59. The number of hydrogen-bond donors (Lipinski definition) is 0. The van der Waals surface area contributed by atoms with Crippen LogP contribution in [0.25, 0.3) is 0 Å². The van der Waals surface area contributed by atoms with Crippen molar-refractivity contribution in [2.45, 2.75) is 51.2 Å². The van der Waals surface area contributed by atoms with E-state index < -0.39 is 55.5 Å². The fourth-order valence-electron chi connectivity index (χ4n) is 1.66. The SMILES string of the molecule is C=C(COCCC)C(=O)OCC(=O)OC(C)CC(=O)OC(C(F)(F)F)C(F)(F)F. The van der Waals surface area contributed by atoms with Crippen LogP contribution in [0.3, 0.4) is 0 Å². The number of alkyl halides is 6. The van der Waals surface area contributed by atoms with Crippen LogP contribution in [-0.4, -0.2) is 62.3 Å². The Balaban J connectivity index is 4.43. The van der Waals surface area contributed by atoms with Gasteiger partial charge in [-0.1, -0.05) is 13.5 Å². The molecule has 0 aliphatic rings. The molecule has 0 saturated carbocycles. The summed E-state index contributed by atoms with van der Waals surface area (Å²) in [5.41, 5.74) is -0.0896. The second kappa shape index (κ2) is 11.6. The number of esters is 3. The molecule has 0 rings (SSSR count). The van der Waals surface area contributed by atoms with E-state index in [4.69, 9.17) is 4.74 Å². The van der Waals surface area contributed by atoms with E-state index in [1.165, 1.54) is 0 Å². The summed E-state index contributed by atoms with van der Waals surface area (Å²) in [6.07, 6.45) is -17.8. The third-order valence-corrected chi connectivity index (χ3v) is 2.87. The summed E-state index contributed by atoms with van der Waals surface area (Å²) in [6.45, 7) is 5.54. The fourth-order valence-corrected chi connectivity index (χ4v) is 1.66. The molecule has 0 aromatic heterocycles. The molecule has 29 heavy (non-hydrogen) atoms. The van der Waals surface area contributed by atoms with E-state index in [-0.39, 0.29) is 12.2 Å². The maximum Gasteiger partial charge on any atom is 0.434 e. The Morgan fingerprint density at radius 3 is 1.97 bits per heavy atom. The van der Waals surface area contributed by atoms with Crippen LogP contribution in [0.15, 0.2) is 12.2 Å². The van der Waals surface area contributed by atoms with Gasteiger partial charge < -0.3 is 18.9 Å². The van der Waals surface area contributed by atoms with Gasteiger partial charge in [0.2, 0.25) is 0 Å². The molecule has 0 aromatic carbocycles. The maximum atomic E-state index is 12.3. The van der Waals surface area contributed by atoms with Gasteiger partial charge in [-0.2, -0.15) is 26.3 Å². The zero-order valence-corrected chi connectivity index (χ0v) is 15.5. The van der Waals surface area contributed by atoms with Crippen molar-refractivity contribution in [2.24, 2.45) is 0 Å². The van der Waals surface area contributed by atoms with Crippen LogP contribution in [0.1, 0.15) is 26.7 Å². The maximum absolute atomic E-state index is 12.3. The zero-order chi connectivity index (χ0) is 22.8. The van der Waals surface area contributed by atoms with Gasteiger partial charge in [0, 0.05) is 6.61 Å². The summed E-state index contributed by atoms with van der Waals surface area (Å²) in [7, 11) is 0. The Bertz CT molecular complexity index is 571. The topological polar surface area (TPSA) is 88.1 Å². The van der Waals surface area contributed by atoms with E-state index in [9.17, 15) is 40.7 Å². The summed E-state index contributed by atoms with van der Waals surface area (Å²) in [4.78, 5) is 34.3. The van der Waals surface area contributed by atoms with Crippen LogP contribution in [0.2, 0.25) is 0 Å². The van der Waals surface area contributed by atoms with Crippen molar-refractivity contribution >= 4 is 17.9 Å². The smallest absolute Gasteiger partial charge is 0.434 e. The molecule has 13 heteroatoms. The third-order valence-electron chi connectivity index (χ3n) is 2.87. The van der Waals surface area contributed by atoms with E-state index in [2.05, 4.69) is 20.8 Å². The summed E-state index contributed by atoms with van der Waals surface area (Å²) in [5.74, 6) is -4.05. The standard InChI is InChI=1S/C16H20F6O7/c1-4-5-26-7-9(2)13(25)27-8-12(24)28-10(3)6-11(23)29-14(15(17,18)19)16(20,21)22/h10,14H,2,4-8H2,1,3H3. The van der Waals surface area contributed by atoms with Crippen LogP contribution in [-0.2, 0) is 33.3 Å². The number of halogens is 6. The molecule has 0 N–H and O–H groups in total. The molecule has 0 aliphatic carbocycles. The van der Waals surface area contributed by atoms with Crippen LogP contribution in [0.5, 0.6) is 0 Å². The minimum atomic E-state index is -5.86. The number of rotatable bonds is 11. The minimum absolute atomic E-state index is 0.0896. The first kappa shape index (κ1) is 26.7. The van der Waals surface area contributed by atoms with Crippen molar-refractivity contribution in [1.29, 1.82) is 0 Å². The van der Waals surface area contributed by atoms with Crippen molar-refractivity contribution in [3.8, 4) is 0 Å². The van der Waals surface area contributed by atoms with E-state index >= 15 is 0 Å². The quantitative estimate of drug-likeness (QED) is 0.161. The van der Waals surface area contributed by atoms with Gasteiger partial charge in [0.25, 0.3) is 6.10 Å². The Kier molecular flexibility index (Phi) is 10.7. The highest BCUT2D eigenvalue weighted by atomic mass is 19.4. The van der Waals surface area contributed by atoms with E-state index in [0.717, 1.165) is 6.92 Å². The second-order valence-electron chi connectivity index (χ2n) is 5.69. The van der Waals surface area contributed by atoms with Gasteiger partial charge in [-0.05, 0) is 13.3 Å². The van der Waals surface area contributed by atoms with Crippen LogP contribution < -0.4 is 0 Å². The molecule has 7 nitrogen and oxygen atoms in total. The molecular formula is C16H20F6O7. The Hall–Kier alpha value is -2.31. The van der Waals surface area contributed by atoms with Crippen LogP contribution >= 0.6 is 0 Å². The van der Waals surface area contributed by atoms with Crippen molar-refractivity contribution < 1.29 is 59.7 Å². The van der Waals surface area contributed by atoms with Crippen molar-refractivity contribution in [3.05, 3.63) is 12.2 Å². The van der Waals surface area contributed by atoms with Crippen molar-refractivity contribution in [2.75, 3.05) is 19.8 Å². The van der Waals surface area contributed by atoms with Gasteiger partial charge in [-0.3, -0.25) is 4.79 Å². The minimum Gasteiger partial charge on any atom is -0.460 e. The number of carbonyl (C=O) groups is 3. The summed E-state index contributed by atoms with van der Waals surface area (Å²) < 4.78 is 91.5. The average molecular weight is 438 g/mol. The Labute approximate surface area is 161 Å². The molecule has 0 radical (unpaired) electrons. The Morgan fingerprint density at radius 2 is 1.48 bits per heavy atom. The first-order valence-electron chi connectivity index (χ1n) is 8.13. The predicted molar refractivity (Wildman–Crippen MR) is 83.4 cm³/mol. The molecule has 0 fully saturated rings. The Morgan fingerprint density at radius 1 is 0.931 bits per heavy atom. The highest BCUT2D eigenvalue weighted by molar-refractivity contribution is 5.89. The lowest BCUT2D eigenvalue weighted by Gasteiger charge is -2.23. The summed E-state index contributed by atoms with van der Waals surface area (Å²) in [6, 6.07) is 0. The molecule has 0 aliphatic heterocycles. The monoisotopic (exact) mass is 438 g/mol. The van der Waals surface area contributed by atoms with Gasteiger partial charge in [0.05, 0.1) is 18.6 Å². The summed E-state index contributed by atoms with van der Waals surface area (Å²) in [5, 5.41) is 0. The molecule has 1 unspecified atom stereocenters. The van der Waals surface area contributed by atoms with Gasteiger partial charge in [-0.25, -0.2) is 9.59 Å². The molecular weight excluding hydrogens is 418 g/mol. The zero-order valence-electron chi connectivity index (χ0n) is 15.5. The first-order chi connectivity index (χ1) is 13.2. The lowest BCUT2D eigenvalue weighted by atomic mass is 10.2. The highest BCUT2D eigenvalue weighted by Crippen LogP contribution is 2.35. The normalized spacial score (nSPS) is 13.0. The van der Waals surface area contributed by atoms with Crippen molar-refractivity contribution in [3.63, 3.8) is 0 Å². The largest absolute Gasteiger partial charge is 0.460 e. The average Bonchev–Trinajstić information content (AvgIpc) is 2.55. The number of hydrogen-bond acceptors (Lipinski definition) is 7. The molecule has 0 bridgehead atoms. The molecule has 0 spiro atoms. The predicted octanol–water partition coefficient (Wildman–Crippen LogP) is 2.87. The van der Waals surface area contributed by atoms with Gasteiger partial charge >= 0.3 is 30.3 Å². The third kappa shape index (κ3) is 11.3. The van der Waals surface area contributed by atoms with Crippen LogP contribution in [0.4, 0.5) is 26.3 Å². The van der Waals surface area contributed by atoms with Crippen molar-refractivity contribution in [1.82, 2.24) is 0 Å². The van der Waals surface area contributed by atoms with Gasteiger partial charge in [0.1, 0.15) is 6.10 Å². The lowest BCUT2D eigenvalue weighted by Crippen LogP contribution is -2.45. The van der Waals surface area contributed by atoms with E-state index in [1.54, 1.807) is 0 Å². The number of carbonyl (C=O) groups excluding carboxylic acids is 3. The second-order valence-corrected chi connectivity index (χ2v) is 5.69. The van der Waals surface area contributed by atoms with E-state index in [1.807, 2.05) is 6.92 Å². The van der Waals surface area contributed by atoms with Crippen LogP contribution in [0, 0.1) is 0 Å². The molecule has 0 aromatic rings. The molecule has 0 amide bonds. The van der Waals surface area contributed by atoms with Gasteiger partial charge in [0.15, 0.2) is 6.61 Å². The summed E-state index contributed by atoms with van der Waals surface area (Å²) >= 11 is 0. The molecule has 168 valence electrons. The lowest BCUT2D eigenvalue weighted by molar-refractivity contribution is -0.313. The molecule has 0 heterocycles. The first-order valence-corrected chi connectivity index (χ1v) is 8.13. The molecule has 0 saturated heterocycles. The van der Waals surface area contributed by atoms with Gasteiger partial charge in [-0.15, -0.1) is 0 Å². The number of ether oxygens (including phenoxy) is 4. The molecule has 1 atom stereocenters. The van der Waals surface area contributed by atoms with E-state index in [0.29, 0.717) is 13.0 Å².